The molecule has 0 aromatic carbocycles. The Morgan fingerprint density at radius 2 is 1.55 bits per heavy atom. The fraction of sp³-hybridized carbons (Fsp3) is 0.929. The highest BCUT2D eigenvalue weighted by molar-refractivity contribution is 4.72. The van der Waals surface area contributed by atoms with Crippen LogP contribution in [0.1, 0.15) is 25.7 Å². The van der Waals surface area contributed by atoms with Crippen molar-refractivity contribution in [3.05, 3.63) is 6.54 Å². The van der Waals surface area contributed by atoms with E-state index in [1.54, 1.807) is 0 Å². The summed E-state index contributed by atoms with van der Waals surface area (Å²) in [6.07, 6.45) is 5.00. The van der Waals surface area contributed by atoms with Crippen LogP contribution in [-0.4, -0.2) is 68.8 Å². The molecule has 0 spiro atoms. The minimum absolute atomic E-state index is 0.932. The van der Waals surface area contributed by atoms with Crippen molar-refractivity contribution in [3.63, 3.8) is 0 Å². The lowest BCUT2D eigenvalue weighted by atomic mass is 10.2. The maximum absolute atomic E-state index is 3.53. The molecule has 2 aliphatic rings. The number of nitrogens with one attached hydrogen (secondary N) is 4. The first-order valence-corrected chi connectivity index (χ1v) is 8.17. The first-order chi connectivity index (χ1) is 9.95. The molecule has 1 radical (unpaired) electrons. The van der Waals surface area contributed by atoms with Gasteiger partial charge in [-0.25, -0.2) is 10.4 Å². The third-order valence-corrected chi connectivity index (χ3v) is 3.87. The molecule has 0 aromatic rings. The first-order valence-electron chi connectivity index (χ1n) is 8.17. The summed E-state index contributed by atoms with van der Waals surface area (Å²) in [4.78, 5) is 2.62. The molecule has 2 fully saturated rings. The standard InChI is InChI=1S/C14H31N6/c1-5-15-7-2-10-19(11-3-8-16-6-1)12-4-13-20-14-9-17-18-20/h14-18H,1-13H2. The summed E-state index contributed by atoms with van der Waals surface area (Å²) in [7, 11) is 0. The lowest BCUT2D eigenvalue weighted by molar-refractivity contribution is 0.217. The molecule has 0 amide bonds. The molecule has 2 heterocycles. The van der Waals surface area contributed by atoms with Gasteiger partial charge < -0.3 is 15.5 Å². The molecule has 0 aliphatic carbocycles. The molecule has 4 N–H and O–H groups in total. The third kappa shape index (κ3) is 6.97. The Balaban J connectivity index is 1.60. The average Bonchev–Trinajstić information content (AvgIpc) is 2.94. The lowest BCUT2D eigenvalue weighted by Gasteiger charge is -2.24. The van der Waals surface area contributed by atoms with Gasteiger partial charge in [0.05, 0.1) is 6.54 Å². The SMILES string of the molecule is [CH]1CNNN1CCCN1CCCNCCCNCCC1. The molecule has 0 atom stereocenters. The van der Waals surface area contributed by atoms with E-state index in [1.165, 1.54) is 45.3 Å². The van der Waals surface area contributed by atoms with Crippen molar-refractivity contribution in [1.29, 1.82) is 0 Å². The van der Waals surface area contributed by atoms with Crippen LogP contribution in [-0.2, 0) is 0 Å². The van der Waals surface area contributed by atoms with Crippen molar-refractivity contribution in [2.75, 3.05) is 58.9 Å². The van der Waals surface area contributed by atoms with E-state index in [2.05, 4.69) is 38.0 Å². The van der Waals surface area contributed by atoms with Gasteiger partial charge >= 0.3 is 0 Å². The third-order valence-electron chi connectivity index (χ3n) is 3.87. The number of rotatable bonds is 4. The number of hydrogen-bond donors (Lipinski definition) is 4. The highest BCUT2D eigenvalue weighted by Gasteiger charge is 2.11. The molecule has 2 rings (SSSR count). The van der Waals surface area contributed by atoms with Gasteiger partial charge in [-0.1, -0.05) is 0 Å². The van der Waals surface area contributed by atoms with E-state index in [9.17, 15) is 0 Å². The second-order valence-electron chi connectivity index (χ2n) is 5.62. The molecular formula is C14H31N6. The summed E-state index contributed by atoms with van der Waals surface area (Å²) < 4.78 is 0. The average molecular weight is 283 g/mol. The summed E-state index contributed by atoms with van der Waals surface area (Å²) in [6, 6.07) is 0. The van der Waals surface area contributed by atoms with Crippen LogP contribution in [0.5, 0.6) is 0 Å². The van der Waals surface area contributed by atoms with E-state index in [0.717, 1.165) is 39.3 Å². The Bertz CT molecular complexity index is 220. The fourth-order valence-corrected chi connectivity index (χ4v) is 2.74. The van der Waals surface area contributed by atoms with Gasteiger partial charge in [0.2, 0.25) is 0 Å². The quantitative estimate of drug-likeness (QED) is 0.560. The Kier molecular flexibility index (Phi) is 8.46. The molecule has 0 unspecified atom stereocenters. The van der Waals surface area contributed by atoms with E-state index in [4.69, 9.17) is 0 Å². The van der Waals surface area contributed by atoms with Gasteiger partial charge in [-0.2, -0.15) is 5.53 Å². The maximum Gasteiger partial charge on any atom is 0.0578 e. The molecule has 2 saturated heterocycles. The van der Waals surface area contributed by atoms with E-state index in [1.807, 2.05) is 0 Å². The Morgan fingerprint density at radius 3 is 2.20 bits per heavy atom. The van der Waals surface area contributed by atoms with Gasteiger partial charge in [-0.15, -0.1) is 0 Å². The predicted octanol–water partition coefficient (Wildman–Crippen LogP) is -0.472. The zero-order chi connectivity index (χ0) is 13.9. The maximum atomic E-state index is 3.53. The van der Waals surface area contributed by atoms with Crippen molar-refractivity contribution < 1.29 is 0 Å². The highest BCUT2D eigenvalue weighted by Crippen LogP contribution is 2.00. The van der Waals surface area contributed by atoms with E-state index in [-0.39, 0.29) is 0 Å². The van der Waals surface area contributed by atoms with Gasteiger partial charge in [0.25, 0.3) is 0 Å². The smallest absolute Gasteiger partial charge is 0.0578 e. The van der Waals surface area contributed by atoms with Gasteiger partial charge in [-0.3, -0.25) is 0 Å². The monoisotopic (exact) mass is 283 g/mol. The Morgan fingerprint density at radius 1 is 0.850 bits per heavy atom. The first kappa shape index (κ1) is 16.1. The molecule has 6 heteroatoms. The summed E-state index contributed by atoms with van der Waals surface area (Å²) in [5.74, 6) is 0. The number of hydrazine groups is 2. The molecule has 0 saturated carbocycles. The van der Waals surface area contributed by atoms with Crippen molar-refractivity contribution >= 4 is 0 Å². The van der Waals surface area contributed by atoms with E-state index >= 15 is 0 Å². The fourth-order valence-electron chi connectivity index (χ4n) is 2.74. The predicted molar refractivity (Wildman–Crippen MR) is 82.8 cm³/mol. The summed E-state index contributed by atoms with van der Waals surface area (Å²) >= 11 is 0. The van der Waals surface area contributed by atoms with Gasteiger partial charge in [0.1, 0.15) is 0 Å². The normalized spacial score (nSPS) is 25.2. The van der Waals surface area contributed by atoms with Crippen LogP contribution in [0.4, 0.5) is 0 Å². The second-order valence-corrected chi connectivity index (χ2v) is 5.62. The van der Waals surface area contributed by atoms with Crippen LogP contribution in [0.15, 0.2) is 0 Å². The van der Waals surface area contributed by atoms with Crippen LogP contribution < -0.4 is 21.6 Å². The number of hydrogen-bond acceptors (Lipinski definition) is 6. The Labute approximate surface area is 123 Å². The highest BCUT2D eigenvalue weighted by atomic mass is 15.7. The van der Waals surface area contributed by atoms with E-state index < -0.39 is 0 Å². The largest absolute Gasteiger partial charge is 0.317 e. The van der Waals surface area contributed by atoms with Gasteiger partial charge in [0.15, 0.2) is 0 Å². The van der Waals surface area contributed by atoms with Crippen LogP contribution in [0.2, 0.25) is 0 Å². The zero-order valence-corrected chi connectivity index (χ0v) is 12.7. The van der Waals surface area contributed by atoms with Gasteiger partial charge in [0, 0.05) is 13.1 Å². The molecular weight excluding hydrogens is 252 g/mol. The van der Waals surface area contributed by atoms with Crippen molar-refractivity contribution in [1.82, 2.24) is 31.5 Å². The molecule has 0 bridgehead atoms. The summed E-state index contributed by atoms with van der Waals surface area (Å²) in [5.41, 5.74) is 6.24. The van der Waals surface area contributed by atoms with E-state index in [0.29, 0.717) is 0 Å². The molecule has 6 nitrogen and oxygen atoms in total. The molecule has 117 valence electrons. The van der Waals surface area contributed by atoms with Crippen LogP contribution in [0.3, 0.4) is 0 Å². The molecule has 0 aromatic heterocycles. The molecule has 2 aliphatic heterocycles. The van der Waals surface area contributed by atoms with Crippen molar-refractivity contribution in [2.45, 2.75) is 25.7 Å². The Hall–Kier alpha value is -0.240. The minimum Gasteiger partial charge on any atom is -0.317 e. The van der Waals surface area contributed by atoms with Crippen LogP contribution in [0, 0.1) is 6.54 Å². The van der Waals surface area contributed by atoms with Gasteiger partial charge in [-0.05, 0) is 71.5 Å². The zero-order valence-electron chi connectivity index (χ0n) is 12.7. The summed E-state index contributed by atoms with van der Waals surface area (Å²) in [6.45, 7) is 12.4. The van der Waals surface area contributed by atoms with Crippen molar-refractivity contribution in [3.8, 4) is 0 Å². The van der Waals surface area contributed by atoms with Crippen LogP contribution in [0.25, 0.3) is 0 Å². The minimum atomic E-state index is 0.932. The second kappa shape index (κ2) is 10.5. The summed E-state index contributed by atoms with van der Waals surface area (Å²) in [5, 5.41) is 9.21. The molecule has 20 heavy (non-hydrogen) atoms. The van der Waals surface area contributed by atoms with Crippen molar-refractivity contribution in [2.24, 2.45) is 0 Å². The number of nitrogens with zero attached hydrogens (tertiary/aromatic N) is 2. The topological polar surface area (TPSA) is 54.6 Å². The van der Waals surface area contributed by atoms with Crippen LogP contribution >= 0.6 is 0 Å². The lowest BCUT2D eigenvalue weighted by Crippen LogP contribution is -2.38.